The highest BCUT2D eigenvalue weighted by molar-refractivity contribution is 6.33. The van der Waals surface area contributed by atoms with Crippen molar-refractivity contribution in [1.29, 1.82) is 0 Å². The number of halogens is 1. The molecule has 0 bridgehead atoms. The van der Waals surface area contributed by atoms with Crippen molar-refractivity contribution < 1.29 is 4.79 Å². The molecule has 3 heterocycles. The molecule has 1 fully saturated rings. The number of aromatic nitrogens is 3. The molecule has 0 atom stereocenters. The number of anilines is 2. The van der Waals surface area contributed by atoms with Gasteiger partial charge >= 0.3 is 11.7 Å². The number of hydrogen-bond acceptors (Lipinski definition) is 4. The lowest BCUT2D eigenvalue weighted by Crippen LogP contribution is -2.32. The first-order valence-corrected chi connectivity index (χ1v) is 11.3. The Labute approximate surface area is 181 Å². The predicted octanol–water partition coefficient (Wildman–Crippen LogP) is 3.24. The molecular weight excluding hydrogens is 404 g/mol. The Morgan fingerprint density at radius 2 is 1.90 bits per heavy atom. The summed E-state index contributed by atoms with van der Waals surface area (Å²) in [6.07, 6.45) is 7.26. The van der Waals surface area contributed by atoms with E-state index in [0.717, 1.165) is 50.4 Å². The molecule has 9 heteroatoms. The zero-order valence-electron chi connectivity index (χ0n) is 17.2. The van der Waals surface area contributed by atoms with Crippen LogP contribution in [0.15, 0.2) is 23.0 Å². The number of rotatable bonds is 6. The largest absolute Gasteiger partial charge is 0.370 e. The first-order valence-electron chi connectivity index (χ1n) is 10.9. The van der Waals surface area contributed by atoms with E-state index in [0.29, 0.717) is 30.2 Å². The molecule has 1 saturated heterocycles. The van der Waals surface area contributed by atoms with Crippen LogP contribution < -0.4 is 21.2 Å². The summed E-state index contributed by atoms with van der Waals surface area (Å²) < 4.78 is 3.28. The van der Waals surface area contributed by atoms with Crippen LogP contribution >= 0.6 is 11.6 Å². The number of amides is 2. The van der Waals surface area contributed by atoms with E-state index < -0.39 is 0 Å². The molecule has 1 aromatic heterocycles. The SMILES string of the molecule is O=C(NCCCn1nc2n(c1=O)CCCC2)Nc1ccc(N2CCCCC2)c(Cl)c1. The van der Waals surface area contributed by atoms with Gasteiger partial charge in [0.1, 0.15) is 5.82 Å². The number of nitrogens with one attached hydrogen (secondary N) is 2. The molecule has 2 aliphatic heterocycles. The summed E-state index contributed by atoms with van der Waals surface area (Å²) in [6.45, 7) is 3.76. The van der Waals surface area contributed by atoms with Gasteiger partial charge in [-0.3, -0.25) is 4.57 Å². The average molecular weight is 433 g/mol. The Morgan fingerprint density at radius 3 is 2.67 bits per heavy atom. The summed E-state index contributed by atoms with van der Waals surface area (Å²) >= 11 is 6.44. The molecule has 2 aliphatic rings. The molecular formula is C21H29ClN6O2. The summed E-state index contributed by atoms with van der Waals surface area (Å²) in [7, 11) is 0. The molecule has 30 heavy (non-hydrogen) atoms. The van der Waals surface area contributed by atoms with Crippen LogP contribution in [0.4, 0.5) is 16.2 Å². The summed E-state index contributed by atoms with van der Waals surface area (Å²) in [5.74, 6) is 0.877. The van der Waals surface area contributed by atoms with E-state index in [1.54, 1.807) is 10.6 Å². The minimum atomic E-state index is -0.284. The van der Waals surface area contributed by atoms with Crippen molar-refractivity contribution in [2.45, 2.75) is 58.0 Å². The Bertz CT molecular complexity index is 947. The van der Waals surface area contributed by atoms with Crippen molar-refractivity contribution >= 4 is 29.0 Å². The molecule has 8 nitrogen and oxygen atoms in total. The molecule has 162 valence electrons. The molecule has 0 spiro atoms. The number of fused-ring (bicyclic) bond motifs is 1. The molecule has 2 aromatic rings. The lowest BCUT2D eigenvalue weighted by molar-refractivity contribution is 0.251. The molecule has 0 unspecified atom stereocenters. The van der Waals surface area contributed by atoms with Gasteiger partial charge in [0.05, 0.1) is 10.7 Å². The molecule has 1 aromatic carbocycles. The summed E-state index contributed by atoms with van der Waals surface area (Å²) in [6, 6.07) is 5.36. The predicted molar refractivity (Wildman–Crippen MR) is 119 cm³/mol. The van der Waals surface area contributed by atoms with Gasteiger partial charge in [0.15, 0.2) is 0 Å². The van der Waals surface area contributed by atoms with E-state index in [-0.39, 0.29) is 11.7 Å². The lowest BCUT2D eigenvalue weighted by Gasteiger charge is -2.29. The number of carbonyl (C=O) groups is 1. The zero-order valence-corrected chi connectivity index (χ0v) is 18.0. The number of hydrogen-bond donors (Lipinski definition) is 2. The number of aryl methyl sites for hydroxylation is 2. The standard InChI is InChI=1S/C21H29ClN6O2/c22-17-15-16(8-9-18(17)26-11-3-1-4-12-26)24-20(29)23-10-6-14-28-21(30)27-13-5-2-7-19(27)25-28/h8-9,15H,1-7,10-14H2,(H2,23,24,29). The van der Waals surface area contributed by atoms with Crippen LogP contribution in [0, 0.1) is 0 Å². The van der Waals surface area contributed by atoms with Gasteiger partial charge in [-0.1, -0.05) is 11.6 Å². The minimum Gasteiger partial charge on any atom is -0.370 e. The van der Waals surface area contributed by atoms with Crippen molar-refractivity contribution in [2.24, 2.45) is 0 Å². The van der Waals surface area contributed by atoms with Gasteiger partial charge in [-0.2, -0.15) is 5.10 Å². The molecule has 2 amide bonds. The van der Waals surface area contributed by atoms with E-state index >= 15 is 0 Å². The smallest absolute Gasteiger partial charge is 0.345 e. The average Bonchev–Trinajstić information content (AvgIpc) is 3.08. The van der Waals surface area contributed by atoms with Crippen LogP contribution in [-0.4, -0.2) is 40.0 Å². The minimum absolute atomic E-state index is 0.0439. The quantitative estimate of drug-likeness (QED) is 0.686. The van der Waals surface area contributed by atoms with Gasteiger partial charge in [-0.25, -0.2) is 14.3 Å². The second-order valence-electron chi connectivity index (χ2n) is 7.98. The topological polar surface area (TPSA) is 84.2 Å². The third-order valence-electron chi connectivity index (χ3n) is 5.77. The molecule has 2 N–H and O–H groups in total. The van der Waals surface area contributed by atoms with E-state index in [1.807, 2.05) is 12.1 Å². The summed E-state index contributed by atoms with van der Waals surface area (Å²) in [4.78, 5) is 26.8. The van der Waals surface area contributed by atoms with Crippen LogP contribution in [0.1, 0.15) is 44.3 Å². The van der Waals surface area contributed by atoms with E-state index in [9.17, 15) is 9.59 Å². The fraction of sp³-hybridized carbons (Fsp3) is 0.571. The molecule has 0 aliphatic carbocycles. The van der Waals surface area contributed by atoms with E-state index in [1.165, 1.54) is 23.9 Å². The van der Waals surface area contributed by atoms with Crippen LogP contribution in [0.25, 0.3) is 0 Å². The monoisotopic (exact) mass is 432 g/mol. The Kier molecular flexibility index (Phi) is 6.62. The molecule has 0 saturated carbocycles. The number of nitrogens with zero attached hydrogens (tertiary/aromatic N) is 4. The fourth-order valence-corrected chi connectivity index (χ4v) is 4.48. The molecule has 0 radical (unpaired) electrons. The van der Waals surface area contributed by atoms with Crippen molar-refractivity contribution in [3.05, 3.63) is 39.5 Å². The van der Waals surface area contributed by atoms with Gasteiger partial charge in [-0.15, -0.1) is 0 Å². The highest BCUT2D eigenvalue weighted by Crippen LogP contribution is 2.30. The second-order valence-corrected chi connectivity index (χ2v) is 8.39. The fourth-order valence-electron chi connectivity index (χ4n) is 4.18. The Balaban J connectivity index is 1.24. The van der Waals surface area contributed by atoms with Crippen molar-refractivity contribution in [1.82, 2.24) is 19.7 Å². The normalized spacial score (nSPS) is 16.2. The number of benzene rings is 1. The molecule has 4 rings (SSSR count). The van der Waals surface area contributed by atoms with Crippen molar-refractivity contribution in [3.63, 3.8) is 0 Å². The third kappa shape index (κ3) is 4.80. The van der Waals surface area contributed by atoms with E-state index in [2.05, 4.69) is 20.6 Å². The van der Waals surface area contributed by atoms with E-state index in [4.69, 9.17) is 11.6 Å². The first-order chi connectivity index (χ1) is 14.6. The van der Waals surface area contributed by atoms with Gasteiger partial charge < -0.3 is 15.5 Å². The van der Waals surface area contributed by atoms with Crippen LogP contribution in [0.5, 0.6) is 0 Å². The van der Waals surface area contributed by atoms with Crippen LogP contribution in [-0.2, 0) is 19.5 Å². The van der Waals surface area contributed by atoms with Gasteiger partial charge in [0.25, 0.3) is 0 Å². The maximum absolute atomic E-state index is 12.3. The Morgan fingerprint density at radius 1 is 1.10 bits per heavy atom. The van der Waals surface area contributed by atoms with Gasteiger partial charge in [0.2, 0.25) is 0 Å². The number of urea groups is 1. The number of piperidine rings is 1. The van der Waals surface area contributed by atoms with Crippen molar-refractivity contribution in [3.8, 4) is 0 Å². The van der Waals surface area contributed by atoms with Crippen LogP contribution in [0.2, 0.25) is 5.02 Å². The maximum atomic E-state index is 12.3. The second kappa shape index (κ2) is 9.55. The maximum Gasteiger partial charge on any atom is 0.345 e. The highest BCUT2D eigenvalue weighted by Gasteiger charge is 2.17. The van der Waals surface area contributed by atoms with Gasteiger partial charge in [0, 0.05) is 44.8 Å². The number of carbonyl (C=O) groups excluding carboxylic acids is 1. The first kappa shape index (κ1) is 20.8. The third-order valence-corrected chi connectivity index (χ3v) is 6.07. The highest BCUT2D eigenvalue weighted by atomic mass is 35.5. The summed E-state index contributed by atoms with van der Waals surface area (Å²) in [5.41, 5.74) is 1.64. The van der Waals surface area contributed by atoms with Crippen molar-refractivity contribution in [2.75, 3.05) is 29.9 Å². The Hall–Kier alpha value is -2.48. The van der Waals surface area contributed by atoms with Gasteiger partial charge in [-0.05, 0) is 56.7 Å². The zero-order chi connectivity index (χ0) is 20.9. The van der Waals surface area contributed by atoms with Crippen LogP contribution in [0.3, 0.4) is 0 Å². The summed E-state index contributed by atoms with van der Waals surface area (Å²) in [5, 5.41) is 10.7. The lowest BCUT2D eigenvalue weighted by atomic mass is 10.1.